The van der Waals surface area contributed by atoms with E-state index in [0.29, 0.717) is 24.1 Å². The van der Waals surface area contributed by atoms with E-state index in [2.05, 4.69) is 15.6 Å². The van der Waals surface area contributed by atoms with Gasteiger partial charge in [0, 0.05) is 37.0 Å². The summed E-state index contributed by atoms with van der Waals surface area (Å²) in [5.41, 5.74) is 0.927. The van der Waals surface area contributed by atoms with Gasteiger partial charge in [-0.3, -0.25) is 19.7 Å². The minimum absolute atomic E-state index is 0.00608. The fourth-order valence-corrected chi connectivity index (χ4v) is 5.54. The highest BCUT2D eigenvalue weighted by Gasteiger charge is 2.39. The first kappa shape index (κ1) is 36.7. The molecule has 5 atom stereocenters. The van der Waals surface area contributed by atoms with Gasteiger partial charge in [-0.2, -0.15) is 0 Å². The Kier molecular flexibility index (Phi) is 13.0. The number of carbonyl (C=O) groups excluding carboxylic acids is 5. The summed E-state index contributed by atoms with van der Waals surface area (Å²) in [7, 11) is 0. The van der Waals surface area contributed by atoms with Gasteiger partial charge in [0.25, 0.3) is 5.91 Å². The van der Waals surface area contributed by atoms with Crippen molar-refractivity contribution in [2.75, 3.05) is 25.0 Å². The second-order valence-corrected chi connectivity index (χ2v) is 12.2. The lowest BCUT2D eigenvalue weighted by Crippen LogP contribution is -2.44. The van der Waals surface area contributed by atoms with Crippen molar-refractivity contribution in [2.24, 2.45) is 11.8 Å². The first-order valence-corrected chi connectivity index (χ1v) is 16.1. The number of oxazole rings is 1. The van der Waals surface area contributed by atoms with Crippen molar-refractivity contribution in [3.8, 4) is 0 Å². The molecule has 13 nitrogen and oxygen atoms in total. The maximum absolute atomic E-state index is 13.6. The number of rotatable bonds is 4. The Labute approximate surface area is 283 Å². The van der Waals surface area contributed by atoms with Crippen molar-refractivity contribution in [3.05, 3.63) is 83.9 Å². The number of nitrogens with one attached hydrogen (secondary N) is 2. The Morgan fingerprint density at radius 2 is 1.96 bits per heavy atom. The maximum atomic E-state index is 13.6. The largest absolute Gasteiger partial charge is 0.460 e. The molecule has 2 aliphatic rings. The first-order valence-electron chi connectivity index (χ1n) is 16.1. The summed E-state index contributed by atoms with van der Waals surface area (Å²) < 4.78 is 30.0. The van der Waals surface area contributed by atoms with Crippen LogP contribution in [0, 0.1) is 17.7 Å². The van der Waals surface area contributed by atoms with Crippen LogP contribution in [0.5, 0.6) is 0 Å². The summed E-state index contributed by atoms with van der Waals surface area (Å²) in [6, 6.07) is 4.20. The molecule has 4 rings (SSSR count). The number of fused-ring (bicyclic) bond motifs is 3. The van der Waals surface area contributed by atoms with E-state index >= 15 is 0 Å². The molecule has 3 N–H and O–H groups in total. The van der Waals surface area contributed by atoms with Gasteiger partial charge in [-0.1, -0.05) is 43.7 Å². The Balaban J connectivity index is 1.54. The number of aliphatic hydroxyl groups is 1. The Bertz CT molecular complexity index is 1600. The molecule has 3 amide bonds. The molecule has 1 aromatic carbocycles. The average molecular weight is 681 g/mol. The van der Waals surface area contributed by atoms with E-state index < -0.39 is 59.8 Å². The molecule has 2 aliphatic heterocycles. The van der Waals surface area contributed by atoms with Crippen molar-refractivity contribution in [1.29, 1.82) is 0 Å². The van der Waals surface area contributed by atoms with Gasteiger partial charge in [-0.05, 0) is 50.1 Å². The second-order valence-electron chi connectivity index (χ2n) is 12.2. The summed E-state index contributed by atoms with van der Waals surface area (Å²) in [5, 5.41) is 15.6. The number of benzene rings is 1. The van der Waals surface area contributed by atoms with Crippen LogP contribution in [0.3, 0.4) is 0 Å². The van der Waals surface area contributed by atoms with Crippen LogP contribution in [0.4, 0.5) is 14.9 Å². The van der Waals surface area contributed by atoms with E-state index in [0.717, 1.165) is 6.26 Å². The van der Waals surface area contributed by atoms with E-state index in [9.17, 15) is 33.5 Å². The quantitative estimate of drug-likeness (QED) is 0.402. The van der Waals surface area contributed by atoms with Crippen molar-refractivity contribution < 1.29 is 47.4 Å². The summed E-state index contributed by atoms with van der Waals surface area (Å²) in [5.74, 6) is -3.55. The van der Waals surface area contributed by atoms with E-state index in [1.807, 2.05) is 0 Å². The fraction of sp³-hybridized carbons (Fsp3) is 0.429. The molecule has 49 heavy (non-hydrogen) atoms. The first-order chi connectivity index (χ1) is 23.4. The lowest BCUT2D eigenvalue weighted by Gasteiger charge is -2.30. The number of hydrogen-bond acceptors (Lipinski definition) is 10. The van der Waals surface area contributed by atoms with Crippen molar-refractivity contribution in [1.82, 2.24) is 15.2 Å². The average Bonchev–Trinajstić information content (AvgIpc) is 3.74. The molecule has 2 bridgehead atoms. The molecule has 3 heterocycles. The van der Waals surface area contributed by atoms with Gasteiger partial charge in [-0.25, -0.2) is 19.0 Å². The molecule has 0 radical (unpaired) electrons. The van der Waals surface area contributed by atoms with Crippen LogP contribution in [0.1, 0.15) is 56.4 Å². The van der Waals surface area contributed by atoms with Crippen LogP contribution in [0.2, 0.25) is 0 Å². The number of halogens is 1. The van der Waals surface area contributed by atoms with Gasteiger partial charge in [0.2, 0.25) is 11.8 Å². The summed E-state index contributed by atoms with van der Waals surface area (Å²) in [6.45, 7) is 5.47. The molecule has 2 aromatic rings. The zero-order valence-electron chi connectivity index (χ0n) is 27.6. The van der Waals surface area contributed by atoms with Crippen molar-refractivity contribution in [2.45, 2.75) is 64.7 Å². The molecule has 14 heteroatoms. The molecule has 1 unspecified atom stereocenters. The number of Topliss-reactive ketones (excluding diaryl/α,β-unsaturated/α-hetero) is 1. The number of anilines is 1. The molecule has 262 valence electrons. The van der Waals surface area contributed by atoms with Gasteiger partial charge < -0.3 is 29.2 Å². The number of carbonyl (C=O) groups is 5. The van der Waals surface area contributed by atoms with Gasteiger partial charge in [0.05, 0.1) is 19.1 Å². The van der Waals surface area contributed by atoms with Crippen LogP contribution in [0.25, 0.3) is 0 Å². The zero-order chi connectivity index (χ0) is 35.5. The number of aromatic nitrogens is 1. The maximum Gasteiger partial charge on any atom is 0.411 e. The van der Waals surface area contributed by atoms with Gasteiger partial charge in [0.1, 0.15) is 30.0 Å². The number of ketones is 1. The number of aliphatic hydroxyl groups excluding tert-OH is 1. The number of amides is 3. The topological polar surface area (TPSA) is 177 Å². The fourth-order valence-electron chi connectivity index (χ4n) is 5.54. The molecule has 0 saturated carbocycles. The van der Waals surface area contributed by atoms with Crippen LogP contribution < -0.4 is 10.6 Å². The third-order valence-electron chi connectivity index (χ3n) is 8.02. The molecule has 0 aliphatic carbocycles. The number of nitrogens with zero attached hydrogens (tertiary/aromatic N) is 2. The SMILES string of the molecule is CC1=C\[C@@H](O)CC(=O)Cc2nc(co2)C(=O)N2CCC[C@@H]2C(=O)O[C@H](C(C)COC(=O)Nc2ccc(F)cc2)[C@H](C)/C=C/C(=O)NC\C=C\1. The number of esters is 1. The van der Waals surface area contributed by atoms with Crippen molar-refractivity contribution in [3.63, 3.8) is 0 Å². The van der Waals surface area contributed by atoms with Crippen molar-refractivity contribution >= 4 is 35.3 Å². The molecule has 0 spiro atoms. The summed E-state index contributed by atoms with van der Waals surface area (Å²) in [6.07, 6.45) is 6.60. The summed E-state index contributed by atoms with van der Waals surface area (Å²) >= 11 is 0. The van der Waals surface area contributed by atoms with Crippen LogP contribution in [-0.2, 0) is 30.3 Å². The Hall–Kier alpha value is -5.11. The molecular weight excluding hydrogens is 639 g/mol. The third-order valence-corrected chi connectivity index (χ3v) is 8.02. The van der Waals surface area contributed by atoms with E-state index in [4.69, 9.17) is 13.9 Å². The van der Waals surface area contributed by atoms with Crippen LogP contribution in [0.15, 0.2) is 70.9 Å². The monoisotopic (exact) mass is 680 g/mol. The molecule has 1 fully saturated rings. The van der Waals surface area contributed by atoms with Gasteiger partial charge >= 0.3 is 12.1 Å². The predicted octanol–water partition coefficient (Wildman–Crippen LogP) is 3.90. The van der Waals surface area contributed by atoms with E-state index in [1.54, 1.807) is 39.0 Å². The highest BCUT2D eigenvalue weighted by atomic mass is 19.1. The minimum atomic E-state index is -1.06. The number of hydrogen-bond donors (Lipinski definition) is 3. The predicted molar refractivity (Wildman–Crippen MR) is 175 cm³/mol. The summed E-state index contributed by atoms with van der Waals surface area (Å²) in [4.78, 5) is 70.1. The number of cyclic esters (lactones) is 1. The van der Waals surface area contributed by atoms with Crippen LogP contribution in [-0.4, -0.2) is 82.6 Å². The highest BCUT2D eigenvalue weighted by molar-refractivity contribution is 5.95. The van der Waals surface area contributed by atoms with Crippen LogP contribution >= 0.6 is 0 Å². The second kappa shape index (κ2) is 17.3. The molecule has 1 saturated heterocycles. The van der Waals surface area contributed by atoms with E-state index in [-0.39, 0.29) is 49.9 Å². The Morgan fingerprint density at radius 1 is 1.20 bits per heavy atom. The lowest BCUT2D eigenvalue weighted by atomic mass is 9.93. The van der Waals surface area contributed by atoms with Gasteiger partial charge in [-0.15, -0.1) is 0 Å². The number of ether oxygens (including phenoxy) is 2. The Morgan fingerprint density at radius 3 is 2.71 bits per heavy atom. The highest BCUT2D eigenvalue weighted by Crippen LogP contribution is 2.26. The smallest absolute Gasteiger partial charge is 0.411 e. The normalized spacial score (nSPS) is 26.0. The lowest BCUT2D eigenvalue weighted by molar-refractivity contribution is -0.159. The number of allylic oxidation sites excluding steroid dienone is 2. The van der Waals surface area contributed by atoms with E-state index in [1.165, 1.54) is 41.3 Å². The standard InChI is InChI=1S/C35H41FN4O9/c1-21-6-4-14-37-30(43)13-8-22(2)32(23(3)19-48-35(46)38-25-11-9-24(36)10-12-25)49-34(45)29-7-5-15-40(29)33(44)28-20-47-31(39-28)18-27(42)17-26(41)16-21/h4,6,8-13,16,20,22-23,26,29,32,41H,5,7,14-15,17-19H2,1-3H3,(H,37,43)(H,38,46)/b6-4+,13-8+,21-16+/t22-,23?,26-,29-,32+/m1/s1. The molecular formula is C35H41FN4O9. The molecule has 1 aromatic heterocycles. The third kappa shape index (κ3) is 11.0. The zero-order valence-corrected chi connectivity index (χ0v) is 27.6. The van der Waals surface area contributed by atoms with Gasteiger partial charge in [0.15, 0.2) is 5.69 Å². The minimum Gasteiger partial charge on any atom is -0.460 e.